The average molecular weight is 244 g/mol. The Morgan fingerprint density at radius 2 is 1.83 bits per heavy atom. The van der Waals surface area contributed by atoms with Gasteiger partial charge < -0.3 is 13.9 Å². The van der Waals surface area contributed by atoms with Crippen LogP contribution in [0, 0.1) is 0 Å². The summed E-state index contributed by atoms with van der Waals surface area (Å²) in [4.78, 5) is 11.3. The van der Waals surface area contributed by atoms with Gasteiger partial charge in [-0.3, -0.25) is 0 Å². The van der Waals surface area contributed by atoms with Gasteiger partial charge in [-0.1, -0.05) is 0 Å². The average Bonchev–Trinajstić information content (AvgIpc) is 2.72. The van der Waals surface area contributed by atoms with Gasteiger partial charge in [-0.25, -0.2) is 4.79 Å². The molecule has 0 bridgehead atoms. The molecule has 4 heteroatoms. The summed E-state index contributed by atoms with van der Waals surface area (Å²) in [6.45, 7) is 3.28. The first-order chi connectivity index (χ1) is 8.45. The van der Waals surface area contributed by atoms with Gasteiger partial charge in [0.25, 0.3) is 0 Å². The second-order valence-corrected chi connectivity index (χ2v) is 4.82. The highest BCUT2D eigenvalue weighted by molar-refractivity contribution is 6.02. The molecule has 0 unspecified atom stereocenters. The molecule has 18 heavy (non-hydrogen) atoms. The second kappa shape index (κ2) is 3.46. The minimum Gasteiger partial charge on any atom is -0.458 e. The van der Waals surface area contributed by atoms with Crippen molar-refractivity contribution in [1.82, 2.24) is 0 Å². The monoisotopic (exact) mass is 244 g/mol. The number of aliphatic hydroxyl groups is 1. The number of hydrogen-bond donors (Lipinski definition) is 1. The zero-order valence-electron chi connectivity index (χ0n) is 10.1. The molecule has 0 saturated carbocycles. The molecule has 92 valence electrons. The normalized spacial score (nSPS) is 12.4. The van der Waals surface area contributed by atoms with E-state index in [1.807, 2.05) is 6.07 Å². The van der Waals surface area contributed by atoms with E-state index in [2.05, 4.69) is 0 Å². The maximum atomic E-state index is 11.3. The van der Waals surface area contributed by atoms with Crippen LogP contribution >= 0.6 is 0 Å². The molecule has 0 saturated heterocycles. The lowest BCUT2D eigenvalue weighted by molar-refractivity contribution is 0.0559. The molecule has 3 aromatic rings. The van der Waals surface area contributed by atoms with E-state index in [-0.39, 0.29) is 0 Å². The van der Waals surface area contributed by atoms with Crippen molar-refractivity contribution in [3.05, 3.63) is 46.5 Å². The summed E-state index contributed by atoms with van der Waals surface area (Å²) < 4.78 is 10.8. The smallest absolute Gasteiger partial charge is 0.336 e. The highest BCUT2D eigenvalue weighted by Gasteiger charge is 2.22. The number of furan rings is 1. The SMILES string of the molecule is CC(C)(O)c1cc2c(ccc3ccc(=O)oc32)o1. The van der Waals surface area contributed by atoms with E-state index in [0.717, 1.165) is 5.39 Å². The summed E-state index contributed by atoms with van der Waals surface area (Å²) in [6.07, 6.45) is 0. The van der Waals surface area contributed by atoms with Crippen molar-refractivity contribution in [2.24, 2.45) is 0 Å². The van der Waals surface area contributed by atoms with Crippen molar-refractivity contribution in [2.45, 2.75) is 19.4 Å². The topological polar surface area (TPSA) is 63.6 Å². The summed E-state index contributed by atoms with van der Waals surface area (Å²) in [5.41, 5.74) is -0.394. The summed E-state index contributed by atoms with van der Waals surface area (Å²) in [5.74, 6) is 0.441. The summed E-state index contributed by atoms with van der Waals surface area (Å²) in [6, 6.07) is 8.41. The Kier molecular flexibility index (Phi) is 2.12. The Labute approximate surface area is 102 Å². The zero-order chi connectivity index (χ0) is 12.9. The van der Waals surface area contributed by atoms with E-state index in [9.17, 15) is 9.90 Å². The minimum absolute atomic E-state index is 0.402. The molecule has 1 N–H and O–H groups in total. The van der Waals surface area contributed by atoms with Crippen molar-refractivity contribution in [3.8, 4) is 0 Å². The highest BCUT2D eigenvalue weighted by Crippen LogP contribution is 2.31. The second-order valence-electron chi connectivity index (χ2n) is 4.82. The van der Waals surface area contributed by atoms with Crippen LogP contribution in [0.1, 0.15) is 19.6 Å². The molecule has 0 aliphatic rings. The largest absolute Gasteiger partial charge is 0.458 e. The minimum atomic E-state index is -1.07. The van der Waals surface area contributed by atoms with E-state index in [1.165, 1.54) is 6.07 Å². The van der Waals surface area contributed by atoms with Crippen molar-refractivity contribution in [3.63, 3.8) is 0 Å². The van der Waals surface area contributed by atoms with Gasteiger partial charge in [0.1, 0.15) is 22.5 Å². The lowest BCUT2D eigenvalue weighted by atomic mass is 10.1. The third kappa shape index (κ3) is 1.62. The summed E-state index contributed by atoms with van der Waals surface area (Å²) in [7, 11) is 0. The van der Waals surface area contributed by atoms with Gasteiger partial charge in [0, 0.05) is 11.5 Å². The first-order valence-corrected chi connectivity index (χ1v) is 5.64. The zero-order valence-corrected chi connectivity index (χ0v) is 10.1. The molecule has 2 aromatic heterocycles. The first kappa shape index (κ1) is 11.0. The van der Waals surface area contributed by atoms with Gasteiger partial charge in [-0.05, 0) is 38.1 Å². The van der Waals surface area contributed by atoms with Gasteiger partial charge >= 0.3 is 5.63 Å². The number of rotatable bonds is 1. The van der Waals surface area contributed by atoms with Crippen LogP contribution in [0.15, 0.2) is 44.0 Å². The third-order valence-corrected chi connectivity index (χ3v) is 2.89. The van der Waals surface area contributed by atoms with Gasteiger partial charge in [0.2, 0.25) is 0 Å². The van der Waals surface area contributed by atoms with E-state index >= 15 is 0 Å². The fourth-order valence-corrected chi connectivity index (χ4v) is 1.94. The highest BCUT2D eigenvalue weighted by atomic mass is 16.4. The van der Waals surface area contributed by atoms with Gasteiger partial charge in [0.05, 0.1) is 5.39 Å². The van der Waals surface area contributed by atoms with E-state index < -0.39 is 11.2 Å². The van der Waals surface area contributed by atoms with E-state index in [1.54, 1.807) is 32.0 Å². The molecule has 0 aliphatic carbocycles. The van der Waals surface area contributed by atoms with Crippen molar-refractivity contribution in [1.29, 1.82) is 0 Å². The lowest BCUT2D eigenvalue weighted by Gasteiger charge is -2.12. The molecule has 1 aromatic carbocycles. The first-order valence-electron chi connectivity index (χ1n) is 5.64. The van der Waals surface area contributed by atoms with E-state index in [0.29, 0.717) is 22.3 Å². The maximum Gasteiger partial charge on any atom is 0.336 e. The van der Waals surface area contributed by atoms with Crippen LogP contribution in [0.4, 0.5) is 0 Å². The van der Waals surface area contributed by atoms with Crippen LogP contribution < -0.4 is 5.63 Å². The van der Waals surface area contributed by atoms with Crippen molar-refractivity contribution < 1.29 is 13.9 Å². The van der Waals surface area contributed by atoms with Crippen LogP contribution in [0.3, 0.4) is 0 Å². The molecule has 0 aliphatic heterocycles. The quantitative estimate of drug-likeness (QED) is 0.668. The number of benzene rings is 1. The van der Waals surface area contributed by atoms with Crippen molar-refractivity contribution in [2.75, 3.05) is 0 Å². The van der Waals surface area contributed by atoms with Crippen molar-refractivity contribution >= 4 is 21.9 Å². The molecular formula is C14H12O4. The molecule has 0 spiro atoms. The van der Waals surface area contributed by atoms with Crippen LogP contribution in [0.5, 0.6) is 0 Å². The fourth-order valence-electron chi connectivity index (χ4n) is 1.94. The third-order valence-electron chi connectivity index (χ3n) is 2.89. The summed E-state index contributed by atoms with van der Waals surface area (Å²) >= 11 is 0. The molecular weight excluding hydrogens is 232 g/mol. The number of hydrogen-bond acceptors (Lipinski definition) is 4. The van der Waals surface area contributed by atoms with Gasteiger partial charge in [-0.15, -0.1) is 0 Å². The lowest BCUT2D eigenvalue weighted by Crippen LogP contribution is -2.13. The Balaban J connectivity index is 2.43. The Bertz CT molecular complexity index is 787. The van der Waals surface area contributed by atoms with Gasteiger partial charge in [-0.2, -0.15) is 0 Å². The Hall–Kier alpha value is -2.07. The maximum absolute atomic E-state index is 11.3. The molecule has 0 atom stereocenters. The van der Waals surface area contributed by atoms with Crippen LogP contribution in [-0.4, -0.2) is 5.11 Å². The number of fused-ring (bicyclic) bond motifs is 3. The molecule has 3 rings (SSSR count). The van der Waals surface area contributed by atoms with E-state index in [4.69, 9.17) is 8.83 Å². The van der Waals surface area contributed by atoms with Crippen LogP contribution in [0.2, 0.25) is 0 Å². The fraction of sp³-hybridized carbons (Fsp3) is 0.214. The predicted molar refractivity (Wildman–Crippen MR) is 67.5 cm³/mol. The predicted octanol–water partition coefficient (Wildman–Crippen LogP) is 2.77. The molecule has 0 amide bonds. The standard InChI is InChI=1S/C14H12O4/c1-14(2,16)11-7-9-10(17-11)5-3-8-4-6-12(15)18-13(8)9/h3-7,16H,1-2H3. The van der Waals surface area contributed by atoms with Crippen LogP contribution in [0.25, 0.3) is 21.9 Å². The Morgan fingerprint density at radius 3 is 2.56 bits per heavy atom. The molecule has 0 fully saturated rings. The van der Waals surface area contributed by atoms with Gasteiger partial charge in [0.15, 0.2) is 0 Å². The summed E-state index contributed by atoms with van der Waals surface area (Å²) in [5, 5.41) is 11.5. The molecule has 0 radical (unpaired) electrons. The molecule has 4 nitrogen and oxygen atoms in total. The van der Waals surface area contributed by atoms with Crippen LogP contribution in [-0.2, 0) is 5.60 Å². The Morgan fingerprint density at radius 1 is 1.11 bits per heavy atom. The molecule has 2 heterocycles.